The van der Waals surface area contributed by atoms with E-state index in [-0.39, 0.29) is 0 Å². The molecule has 2 atom stereocenters. The van der Waals surface area contributed by atoms with Crippen molar-refractivity contribution in [3.63, 3.8) is 0 Å². The molecule has 1 heterocycles. The van der Waals surface area contributed by atoms with E-state index >= 15 is 0 Å². The lowest BCUT2D eigenvalue weighted by molar-refractivity contribution is 0.0463. The maximum Gasteiger partial charge on any atom is 0.0698 e. The Bertz CT molecular complexity index is 203. The van der Waals surface area contributed by atoms with Gasteiger partial charge in [0.25, 0.3) is 0 Å². The highest BCUT2D eigenvalue weighted by atomic mass is 32.2. The average Bonchev–Trinajstić information content (AvgIpc) is 2.63. The van der Waals surface area contributed by atoms with Crippen LogP contribution >= 0.6 is 11.8 Å². The third-order valence-electron chi connectivity index (χ3n) is 3.24. The Morgan fingerprint density at radius 3 is 2.69 bits per heavy atom. The number of likely N-dealkylation sites (tertiary alicyclic amines) is 1. The first-order valence-corrected chi connectivity index (χ1v) is 7.33. The second-order valence-electron chi connectivity index (χ2n) is 5.65. The van der Waals surface area contributed by atoms with Gasteiger partial charge in [-0.25, -0.2) is 0 Å². The monoisotopic (exact) mass is 245 g/mol. The molecule has 2 unspecified atom stereocenters. The van der Waals surface area contributed by atoms with Gasteiger partial charge in [0.15, 0.2) is 0 Å². The molecule has 3 heteroatoms. The molecule has 0 radical (unpaired) electrons. The van der Waals surface area contributed by atoms with Crippen molar-refractivity contribution in [3.05, 3.63) is 0 Å². The van der Waals surface area contributed by atoms with Crippen molar-refractivity contribution in [2.24, 2.45) is 0 Å². The lowest BCUT2D eigenvalue weighted by Gasteiger charge is -2.29. The van der Waals surface area contributed by atoms with E-state index in [4.69, 9.17) is 4.74 Å². The summed E-state index contributed by atoms with van der Waals surface area (Å²) in [6.45, 7) is 11.5. The van der Waals surface area contributed by atoms with Gasteiger partial charge in [-0.15, -0.1) is 0 Å². The van der Waals surface area contributed by atoms with E-state index in [1.54, 1.807) is 0 Å². The summed E-state index contributed by atoms with van der Waals surface area (Å²) in [7, 11) is 1.82. The van der Waals surface area contributed by atoms with E-state index in [9.17, 15) is 0 Å². The molecule has 16 heavy (non-hydrogen) atoms. The quantitative estimate of drug-likeness (QED) is 0.739. The topological polar surface area (TPSA) is 12.5 Å². The average molecular weight is 245 g/mol. The van der Waals surface area contributed by atoms with Gasteiger partial charge in [0.2, 0.25) is 0 Å². The Balaban J connectivity index is 2.30. The highest BCUT2D eigenvalue weighted by Crippen LogP contribution is 2.26. The van der Waals surface area contributed by atoms with Gasteiger partial charge in [0.05, 0.1) is 6.10 Å². The number of rotatable bonds is 5. The Labute approximate surface area is 105 Å². The van der Waals surface area contributed by atoms with Crippen LogP contribution in [0.4, 0.5) is 0 Å². The molecule has 0 aromatic heterocycles. The first-order chi connectivity index (χ1) is 7.44. The molecule has 1 aliphatic rings. The zero-order valence-electron chi connectivity index (χ0n) is 11.5. The predicted octanol–water partition coefficient (Wildman–Crippen LogP) is 3.02. The molecule has 0 bridgehead atoms. The van der Waals surface area contributed by atoms with Crippen molar-refractivity contribution in [3.8, 4) is 0 Å². The van der Waals surface area contributed by atoms with Gasteiger partial charge in [0.1, 0.15) is 0 Å². The molecular formula is C13H27NOS. The molecule has 1 aliphatic heterocycles. The zero-order chi connectivity index (χ0) is 12.2. The molecular weight excluding hydrogens is 218 g/mol. The van der Waals surface area contributed by atoms with Crippen LogP contribution in [0.15, 0.2) is 0 Å². The number of methoxy groups -OCH3 is 1. The van der Waals surface area contributed by atoms with Crippen LogP contribution in [-0.4, -0.2) is 47.7 Å². The summed E-state index contributed by atoms with van der Waals surface area (Å²) in [6, 6.07) is 0.644. The molecule has 0 N–H and O–H groups in total. The Kier molecular flexibility index (Phi) is 5.62. The van der Waals surface area contributed by atoms with E-state index in [1.165, 1.54) is 31.7 Å². The summed E-state index contributed by atoms with van der Waals surface area (Å²) in [5.41, 5.74) is 0. The Morgan fingerprint density at radius 1 is 1.44 bits per heavy atom. The first-order valence-electron chi connectivity index (χ1n) is 6.35. The number of thioether (sulfide) groups is 1. The van der Waals surface area contributed by atoms with E-state index in [0.29, 0.717) is 16.9 Å². The number of hydrogen-bond donors (Lipinski definition) is 0. The van der Waals surface area contributed by atoms with Crippen LogP contribution in [0.1, 0.15) is 40.5 Å². The van der Waals surface area contributed by atoms with Crippen LogP contribution in [0, 0.1) is 0 Å². The van der Waals surface area contributed by atoms with Crippen LogP contribution in [0.3, 0.4) is 0 Å². The normalized spacial score (nSPS) is 24.9. The van der Waals surface area contributed by atoms with Crippen LogP contribution in [0.5, 0.6) is 0 Å². The highest BCUT2D eigenvalue weighted by molar-refractivity contribution is 8.00. The molecule has 0 aromatic carbocycles. The molecule has 0 aliphatic carbocycles. The Morgan fingerprint density at radius 2 is 2.12 bits per heavy atom. The molecule has 1 rings (SSSR count). The van der Waals surface area contributed by atoms with Crippen molar-refractivity contribution in [1.82, 2.24) is 4.90 Å². The smallest absolute Gasteiger partial charge is 0.0698 e. The summed E-state index contributed by atoms with van der Waals surface area (Å²) in [4.78, 5) is 2.60. The molecule has 1 saturated heterocycles. The van der Waals surface area contributed by atoms with Gasteiger partial charge < -0.3 is 4.74 Å². The van der Waals surface area contributed by atoms with E-state index in [1.807, 2.05) is 7.11 Å². The minimum atomic E-state index is 0.377. The standard InChI is InChI=1S/C13H27NOS/c1-11(15-5)12-7-6-8-14(12)9-10-16-13(2,3)4/h11-12H,6-10H2,1-5H3. The fourth-order valence-electron chi connectivity index (χ4n) is 2.29. The van der Waals surface area contributed by atoms with Crippen molar-refractivity contribution in [2.45, 2.75) is 57.4 Å². The summed E-state index contributed by atoms with van der Waals surface area (Å²) >= 11 is 2.06. The second kappa shape index (κ2) is 6.27. The molecule has 0 spiro atoms. The van der Waals surface area contributed by atoms with Crippen molar-refractivity contribution < 1.29 is 4.74 Å². The van der Waals surface area contributed by atoms with Gasteiger partial charge in [0, 0.05) is 30.2 Å². The first kappa shape index (κ1) is 14.3. The van der Waals surface area contributed by atoms with Crippen molar-refractivity contribution in [1.29, 1.82) is 0 Å². The Hall–Kier alpha value is 0.270. The van der Waals surface area contributed by atoms with Gasteiger partial charge in [-0.2, -0.15) is 11.8 Å². The van der Waals surface area contributed by atoms with Crippen LogP contribution < -0.4 is 0 Å². The third kappa shape index (κ3) is 4.64. The SMILES string of the molecule is COC(C)C1CCCN1CCSC(C)(C)C. The van der Waals surface area contributed by atoms with Crippen LogP contribution in [-0.2, 0) is 4.74 Å². The molecule has 2 nitrogen and oxygen atoms in total. The summed E-state index contributed by atoms with van der Waals surface area (Å²) in [5, 5.41) is 0. The molecule has 96 valence electrons. The van der Waals surface area contributed by atoms with Gasteiger partial charge >= 0.3 is 0 Å². The number of ether oxygens (including phenoxy) is 1. The third-order valence-corrected chi connectivity index (χ3v) is 4.49. The minimum Gasteiger partial charge on any atom is -0.380 e. The van der Waals surface area contributed by atoms with Crippen LogP contribution in [0.2, 0.25) is 0 Å². The lowest BCUT2D eigenvalue weighted by Crippen LogP contribution is -2.39. The van der Waals surface area contributed by atoms with E-state index in [0.717, 1.165) is 0 Å². The highest BCUT2D eigenvalue weighted by Gasteiger charge is 2.28. The maximum absolute atomic E-state index is 5.46. The minimum absolute atomic E-state index is 0.377. The number of hydrogen-bond acceptors (Lipinski definition) is 3. The number of nitrogens with zero attached hydrogens (tertiary/aromatic N) is 1. The molecule has 0 amide bonds. The molecule has 0 aromatic rings. The van der Waals surface area contributed by atoms with Gasteiger partial charge in [-0.3, -0.25) is 4.90 Å². The maximum atomic E-state index is 5.46. The van der Waals surface area contributed by atoms with Crippen LogP contribution in [0.25, 0.3) is 0 Å². The van der Waals surface area contributed by atoms with Crippen molar-refractivity contribution in [2.75, 3.05) is 26.0 Å². The largest absolute Gasteiger partial charge is 0.380 e. The summed E-state index contributed by atoms with van der Waals surface area (Å²) < 4.78 is 5.85. The van der Waals surface area contributed by atoms with Gasteiger partial charge in [-0.05, 0) is 26.3 Å². The predicted molar refractivity (Wildman–Crippen MR) is 73.3 cm³/mol. The molecule has 1 fully saturated rings. The fraction of sp³-hybridized carbons (Fsp3) is 1.00. The zero-order valence-corrected chi connectivity index (χ0v) is 12.3. The van der Waals surface area contributed by atoms with Crippen molar-refractivity contribution >= 4 is 11.8 Å². The fourth-order valence-corrected chi connectivity index (χ4v) is 3.23. The molecule has 0 saturated carbocycles. The summed E-state index contributed by atoms with van der Waals surface area (Å²) in [6.07, 6.45) is 3.01. The van der Waals surface area contributed by atoms with E-state index in [2.05, 4.69) is 44.4 Å². The van der Waals surface area contributed by atoms with Gasteiger partial charge in [-0.1, -0.05) is 20.8 Å². The van der Waals surface area contributed by atoms with E-state index < -0.39 is 0 Å². The second-order valence-corrected chi connectivity index (χ2v) is 7.57. The summed E-state index contributed by atoms with van der Waals surface area (Å²) in [5.74, 6) is 1.23. The lowest BCUT2D eigenvalue weighted by atomic mass is 10.1.